The van der Waals surface area contributed by atoms with Crippen molar-refractivity contribution in [1.29, 1.82) is 0 Å². The minimum absolute atomic E-state index is 0.579. The SMILES string of the molecule is CC(C)CC(C)NCc1cn[nH]c1. The van der Waals surface area contributed by atoms with Gasteiger partial charge in [-0.25, -0.2) is 0 Å². The smallest absolute Gasteiger partial charge is 0.0532 e. The summed E-state index contributed by atoms with van der Waals surface area (Å²) in [7, 11) is 0. The van der Waals surface area contributed by atoms with E-state index < -0.39 is 0 Å². The minimum Gasteiger partial charge on any atom is -0.310 e. The van der Waals surface area contributed by atoms with Gasteiger partial charge in [-0.15, -0.1) is 0 Å². The Labute approximate surface area is 79.9 Å². The Kier molecular flexibility index (Phi) is 3.96. The van der Waals surface area contributed by atoms with E-state index in [9.17, 15) is 0 Å². The van der Waals surface area contributed by atoms with Crippen LogP contribution in [0.25, 0.3) is 0 Å². The summed E-state index contributed by atoms with van der Waals surface area (Å²) in [6.07, 6.45) is 5.00. The zero-order chi connectivity index (χ0) is 9.68. The van der Waals surface area contributed by atoms with Gasteiger partial charge in [0.1, 0.15) is 0 Å². The van der Waals surface area contributed by atoms with Crippen LogP contribution < -0.4 is 5.32 Å². The topological polar surface area (TPSA) is 40.7 Å². The maximum absolute atomic E-state index is 3.90. The summed E-state index contributed by atoms with van der Waals surface area (Å²) in [5, 5.41) is 10.2. The highest BCUT2D eigenvalue weighted by Gasteiger charge is 2.04. The van der Waals surface area contributed by atoms with E-state index in [1.54, 1.807) is 0 Å². The molecule has 1 aromatic rings. The number of nitrogens with zero attached hydrogens (tertiary/aromatic N) is 1. The summed E-state index contributed by atoms with van der Waals surface area (Å²) in [4.78, 5) is 0. The highest BCUT2D eigenvalue weighted by molar-refractivity contribution is 5.01. The fourth-order valence-electron chi connectivity index (χ4n) is 1.46. The molecule has 1 rings (SSSR count). The molecule has 1 unspecified atom stereocenters. The van der Waals surface area contributed by atoms with Crippen molar-refractivity contribution >= 4 is 0 Å². The molecule has 13 heavy (non-hydrogen) atoms. The van der Waals surface area contributed by atoms with E-state index in [0.29, 0.717) is 6.04 Å². The summed E-state index contributed by atoms with van der Waals surface area (Å²) >= 11 is 0. The Bertz CT molecular complexity index is 216. The maximum Gasteiger partial charge on any atom is 0.0532 e. The molecule has 0 saturated carbocycles. The van der Waals surface area contributed by atoms with Crippen molar-refractivity contribution in [1.82, 2.24) is 15.5 Å². The summed E-state index contributed by atoms with van der Waals surface area (Å²) in [5.41, 5.74) is 1.22. The lowest BCUT2D eigenvalue weighted by Gasteiger charge is -2.14. The van der Waals surface area contributed by atoms with Gasteiger partial charge in [0.25, 0.3) is 0 Å². The van der Waals surface area contributed by atoms with Gasteiger partial charge in [0.2, 0.25) is 0 Å². The summed E-state index contributed by atoms with van der Waals surface area (Å²) in [6, 6.07) is 0.579. The van der Waals surface area contributed by atoms with Crippen LogP contribution in [0.2, 0.25) is 0 Å². The van der Waals surface area contributed by atoms with Crippen LogP contribution >= 0.6 is 0 Å². The number of aromatic amines is 1. The Balaban J connectivity index is 2.19. The third-order valence-electron chi connectivity index (χ3n) is 2.03. The molecule has 3 heteroatoms. The lowest BCUT2D eigenvalue weighted by molar-refractivity contribution is 0.441. The molecule has 0 aliphatic heterocycles. The van der Waals surface area contributed by atoms with Gasteiger partial charge in [-0.2, -0.15) is 5.10 Å². The van der Waals surface area contributed by atoms with Gasteiger partial charge in [0.05, 0.1) is 6.20 Å². The van der Waals surface area contributed by atoms with Crippen LogP contribution in [-0.2, 0) is 6.54 Å². The van der Waals surface area contributed by atoms with Crippen molar-refractivity contribution in [3.05, 3.63) is 18.0 Å². The first-order chi connectivity index (χ1) is 6.18. The molecule has 2 N–H and O–H groups in total. The molecular formula is C10H19N3. The molecule has 0 fully saturated rings. The zero-order valence-corrected chi connectivity index (χ0v) is 8.67. The second kappa shape index (κ2) is 5.02. The second-order valence-corrected chi connectivity index (χ2v) is 4.02. The molecule has 0 radical (unpaired) electrons. The van der Waals surface area contributed by atoms with Crippen molar-refractivity contribution in [2.45, 2.75) is 39.8 Å². The molecular weight excluding hydrogens is 162 g/mol. The molecule has 0 amide bonds. The monoisotopic (exact) mass is 181 g/mol. The average Bonchev–Trinajstić information content (AvgIpc) is 2.51. The van der Waals surface area contributed by atoms with E-state index >= 15 is 0 Å². The van der Waals surface area contributed by atoms with Gasteiger partial charge >= 0.3 is 0 Å². The third kappa shape index (κ3) is 4.08. The lowest BCUT2D eigenvalue weighted by atomic mass is 10.1. The van der Waals surface area contributed by atoms with Crippen LogP contribution in [0.3, 0.4) is 0 Å². The van der Waals surface area contributed by atoms with Crippen LogP contribution in [0.15, 0.2) is 12.4 Å². The van der Waals surface area contributed by atoms with Crippen molar-refractivity contribution in [3.63, 3.8) is 0 Å². The normalized spacial score (nSPS) is 13.5. The first kappa shape index (κ1) is 10.3. The van der Waals surface area contributed by atoms with Crippen molar-refractivity contribution in [2.75, 3.05) is 0 Å². The minimum atomic E-state index is 0.579. The van der Waals surface area contributed by atoms with E-state index in [1.807, 2.05) is 12.4 Å². The number of aromatic nitrogens is 2. The molecule has 0 aliphatic rings. The fourth-order valence-corrected chi connectivity index (χ4v) is 1.46. The highest BCUT2D eigenvalue weighted by atomic mass is 15.1. The first-order valence-corrected chi connectivity index (χ1v) is 4.89. The van der Waals surface area contributed by atoms with E-state index in [1.165, 1.54) is 12.0 Å². The quantitative estimate of drug-likeness (QED) is 0.728. The van der Waals surface area contributed by atoms with Gasteiger partial charge < -0.3 is 5.32 Å². The van der Waals surface area contributed by atoms with E-state index in [0.717, 1.165) is 12.5 Å². The van der Waals surface area contributed by atoms with Crippen molar-refractivity contribution in [3.8, 4) is 0 Å². The van der Waals surface area contributed by atoms with Crippen LogP contribution in [-0.4, -0.2) is 16.2 Å². The van der Waals surface area contributed by atoms with Crippen molar-refractivity contribution in [2.24, 2.45) is 5.92 Å². The molecule has 0 bridgehead atoms. The van der Waals surface area contributed by atoms with Crippen LogP contribution in [0, 0.1) is 5.92 Å². The standard InChI is InChI=1S/C10H19N3/c1-8(2)4-9(3)11-5-10-6-12-13-7-10/h6-9,11H,4-5H2,1-3H3,(H,12,13). The Hall–Kier alpha value is -0.830. The Morgan fingerprint density at radius 2 is 2.23 bits per heavy atom. The Morgan fingerprint density at radius 1 is 1.46 bits per heavy atom. The molecule has 3 nitrogen and oxygen atoms in total. The first-order valence-electron chi connectivity index (χ1n) is 4.89. The predicted molar refractivity (Wildman–Crippen MR) is 54.3 cm³/mol. The Morgan fingerprint density at radius 3 is 2.77 bits per heavy atom. The zero-order valence-electron chi connectivity index (χ0n) is 8.67. The summed E-state index contributed by atoms with van der Waals surface area (Å²) in [5.74, 6) is 0.756. The second-order valence-electron chi connectivity index (χ2n) is 4.02. The number of H-pyrrole nitrogens is 1. The van der Waals surface area contributed by atoms with Gasteiger partial charge in [-0.05, 0) is 19.3 Å². The average molecular weight is 181 g/mol. The molecule has 0 saturated heterocycles. The van der Waals surface area contributed by atoms with Crippen molar-refractivity contribution < 1.29 is 0 Å². The molecule has 1 atom stereocenters. The molecule has 0 spiro atoms. The highest BCUT2D eigenvalue weighted by Crippen LogP contribution is 2.04. The van der Waals surface area contributed by atoms with Crippen LogP contribution in [0.1, 0.15) is 32.8 Å². The third-order valence-corrected chi connectivity index (χ3v) is 2.03. The molecule has 0 aliphatic carbocycles. The van der Waals surface area contributed by atoms with E-state index in [4.69, 9.17) is 0 Å². The van der Waals surface area contributed by atoms with Gasteiger partial charge in [0.15, 0.2) is 0 Å². The predicted octanol–water partition coefficient (Wildman–Crippen LogP) is 1.93. The van der Waals surface area contributed by atoms with Gasteiger partial charge in [-0.1, -0.05) is 13.8 Å². The van der Waals surface area contributed by atoms with Crippen LogP contribution in [0.5, 0.6) is 0 Å². The fraction of sp³-hybridized carbons (Fsp3) is 0.700. The van der Waals surface area contributed by atoms with Gasteiger partial charge in [-0.3, -0.25) is 5.10 Å². The molecule has 74 valence electrons. The number of nitrogens with one attached hydrogen (secondary N) is 2. The molecule has 1 aromatic heterocycles. The van der Waals surface area contributed by atoms with Gasteiger partial charge in [0, 0.05) is 24.3 Å². The largest absolute Gasteiger partial charge is 0.310 e. The molecule has 1 heterocycles. The lowest BCUT2D eigenvalue weighted by Crippen LogP contribution is -2.26. The maximum atomic E-state index is 3.90. The van der Waals surface area contributed by atoms with E-state index in [-0.39, 0.29) is 0 Å². The van der Waals surface area contributed by atoms with Crippen LogP contribution in [0.4, 0.5) is 0 Å². The number of hydrogen-bond donors (Lipinski definition) is 2. The van der Waals surface area contributed by atoms with E-state index in [2.05, 4.69) is 36.3 Å². The summed E-state index contributed by atoms with van der Waals surface area (Å²) in [6.45, 7) is 7.62. The number of rotatable bonds is 5. The molecule has 0 aromatic carbocycles. The number of hydrogen-bond acceptors (Lipinski definition) is 2. The summed E-state index contributed by atoms with van der Waals surface area (Å²) < 4.78 is 0.